The lowest BCUT2D eigenvalue weighted by Gasteiger charge is -2.16. The molecule has 0 bridgehead atoms. The Hall–Kier alpha value is -2.54. The topological polar surface area (TPSA) is 48.0 Å². The molecule has 0 fully saturated rings. The second-order valence-electron chi connectivity index (χ2n) is 5.03. The molecule has 2 heterocycles. The molecule has 1 aromatic carbocycles. The van der Waals surface area contributed by atoms with Gasteiger partial charge in [0.1, 0.15) is 12.0 Å². The van der Waals surface area contributed by atoms with Gasteiger partial charge in [0.15, 0.2) is 5.43 Å². The SMILES string of the molecule is O=c1ccn(Cc2ccon2)c(-c2cccc(C(F)(F)F)c2Cl)c1. The van der Waals surface area contributed by atoms with Crippen molar-refractivity contribution in [1.82, 2.24) is 9.72 Å². The van der Waals surface area contributed by atoms with Crippen LogP contribution in [0.4, 0.5) is 13.2 Å². The Bertz CT molecular complexity index is 918. The summed E-state index contributed by atoms with van der Waals surface area (Å²) in [6, 6.07) is 7.75. The molecule has 0 spiro atoms. The molecule has 0 aliphatic carbocycles. The van der Waals surface area contributed by atoms with Crippen molar-refractivity contribution in [1.29, 1.82) is 0 Å². The van der Waals surface area contributed by atoms with Crippen LogP contribution >= 0.6 is 11.6 Å². The second-order valence-corrected chi connectivity index (χ2v) is 5.41. The molecule has 0 unspecified atom stereocenters. The van der Waals surface area contributed by atoms with Crippen LogP contribution in [-0.4, -0.2) is 9.72 Å². The van der Waals surface area contributed by atoms with Gasteiger partial charge in [0.05, 0.1) is 22.8 Å². The summed E-state index contributed by atoms with van der Waals surface area (Å²) in [5.74, 6) is 0. The molecule has 0 aliphatic rings. The minimum atomic E-state index is -4.58. The Labute approximate surface area is 139 Å². The van der Waals surface area contributed by atoms with E-state index in [4.69, 9.17) is 16.1 Å². The van der Waals surface area contributed by atoms with Gasteiger partial charge in [-0.05, 0) is 6.07 Å². The smallest absolute Gasteiger partial charge is 0.364 e. The summed E-state index contributed by atoms with van der Waals surface area (Å²) in [6.07, 6.45) is -1.73. The van der Waals surface area contributed by atoms with Gasteiger partial charge in [-0.2, -0.15) is 13.2 Å². The molecule has 8 heteroatoms. The van der Waals surface area contributed by atoms with Crippen molar-refractivity contribution in [2.24, 2.45) is 0 Å². The van der Waals surface area contributed by atoms with Crippen molar-refractivity contribution in [2.45, 2.75) is 12.7 Å². The fraction of sp³-hybridized carbons (Fsp3) is 0.125. The van der Waals surface area contributed by atoms with Gasteiger partial charge in [0, 0.05) is 30.0 Å². The molecule has 3 aromatic rings. The van der Waals surface area contributed by atoms with Gasteiger partial charge in [-0.25, -0.2) is 0 Å². The zero-order chi connectivity index (χ0) is 17.3. The number of benzene rings is 1. The van der Waals surface area contributed by atoms with Crippen LogP contribution in [0, 0.1) is 0 Å². The Morgan fingerprint density at radius 2 is 2.00 bits per heavy atom. The van der Waals surface area contributed by atoms with E-state index in [1.807, 2.05) is 0 Å². The zero-order valence-electron chi connectivity index (χ0n) is 12.0. The first-order valence-corrected chi connectivity index (χ1v) is 7.20. The minimum Gasteiger partial charge on any atom is -0.364 e. The molecule has 0 atom stereocenters. The van der Waals surface area contributed by atoms with Crippen molar-refractivity contribution in [3.63, 3.8) is 0 Å². The molecule has 0 N–H and O–H groups in total. The van der Waals surface area contributed by atoms with Crippen molar-refractivity contribution >= 4 is 11.6 Å². The van der Waals surface area contributed by atoms with Gasteiger partial charge in [-0.15, -0.1) is 0 Å². The van der Waals surface area contributed by atoms with Gasteiger partial charge >= 0.3 is 6.18 Å². The summed E-state index contributed by atoms with van der Waals surface area (Å²) in [7, 11) is 0. The molecule has 0 saturated heterocycles. The fourth-order valence-electron chi connectivity index (χ4n) is 2.32. The molecule has 124 valence electrons. The molecule has 24 heavy (non-hydrogen) atoms. The lowest BCUT2D eigenvalue weighted by molar-refractivity contribution is -0.137. The monoisotopic (exact) mass is 354 g/mol. The minimum absolute atomic E-state index is 0.118. The second kappa shape index (κ2) is 6.16. The summed E-state index contributed by atoms with van der Waals surface area (Å²) in [6.45, 7) is 0.221. The number of pyridine rings is 1. The largest absolute Gasteiger partial charge is 0.417 e. The van der Waals surface area contributed by atoms with E-state index < -0.39 is 16.8 Å². The van der Waals surface area contributed by atoms with E-state index in [-0.39, 0.29) is 23.2 Å². The van der Waals surface area contributed by atoms with E-state index in [1.165, 1.54) is 36.7 Å². The molecule has 0 radical (unpaired) electrons. The molecule has 4 nitrogen and oxygen atoms in total. The Morgan fingerprint density at radius 1 is 1.21 bits per heavy atom. The van der Waals surface area contributed by atoms with E-state index in [1.54, 1.807) is 10.6 Å². The van der Waals surface area contributed by atoms with Crippen LogP contribution in [0.2, 0.25) is 5.02 Å². The normalized spacial score (nSPS) is 11.7. The lowest BCUT2D eigenvalue weighted by Crippen LogP contribution is -2.11. The first-order valence-electron chi connectivity index (χ1n) is 6.82. The van der Waals surface area contributed by atoms with Crippen LogP contribution < -0.4 is 5.43 Å². The fourth-order valence-corrected chi connectivity index (χ4v) is 2.65. The van der Waals surface area contributed by atoms with Crippen LogP contribution in [0.3, 0.4) is 0 Å². The highest BCUT2D eigenvalue weighted by atomic mass is 35.5. The first kappa shape index (κ1) is 16.3. The number of nitrogens with zero attached hydrogens (tertiary/aromatic N) is 2. The van der Waals surface area contributed by atoms with Crippen molar-refractivity contribution in [2.75, 3.05) is 0 Å². The molecular weight excluding hydrogens is 345 g/mol. The third-order valence-electron chi connectivity index (χ3n) is 3.41. The van der Waals surface area contributed by atoms with Crippen LogP contribution in [0.5, 0.6) is 0 Å². The van der Waals surface area contributed by atoms with Crippen molar-refractivity contribution < 1.29 is 17.7 Å². The number of halogens is 4. The van der Waals surface area contributed by atoms with Gasteiger partial charge < -0.3 is 9.09 Å². The molecule has 3 rings (SSSR count). The average Bonchev–Trinajstić information content (AvgIpc) is 3.01. The Morgan fingerprint density at radius 3 is 2.67 bits per heavy atom. The van der Waals surface area contributed by atoms with E-state index in [9.17, 15) is 18.0 Å². The van der Waals surface area contributed by atoms with Crippen LogP contribution in [0.25, 0.3) is 11.3 Å². The van der Waals surface area contributed by atoms with E-state index in [0.29, 0.717) is 5.69 Å². The Kier molecular flexibility index (Phi) is 4.19. The summed E-state index contributed by atoms with van der Waals surface area (Å²) in [4.78, 5) is 11.7. The summed E-state index contributed by atoms with van der Waals surface area (Å²) < 4.78 is 45.5. The number of hydrogen-bond acceptors (Lipinski definition) is 3. The van der Waals surface area contributed by atoms with Gasteiger partial charge in [0.2, 0.25) is 0 Å². The Balaban J connectivity index is 2.16. The molecule has 0 aliphatic heterocycles. The number of hydrogen-bond donors (Lipinski definition) is 0. The number of aromatic nitrogens is 2. The molecule has 0 amide bonds. The zero-order valence-corrected chi connectivity index (χ0v) is 12.8. The van der Waals surface area contributed by atoms with Crippen molar-refractivity contribution in [3.8, 4) is 11.3 Å². The third-order valence-corrected chi connectivity index (χ3v) is 3.82. The number of rotatable bonds is 3. The van der Waals surface area contributed by atoms with Crippen LogP contribution in [0.15, 0.2) is 58.2 Å². The van der Waals surface area contributed by atoms with Crippen LogP contribution in [0.1, 0.15) is 11.3 Å². The van der Waals surface area contributed by atoms with Gasteiger partial charge in [-0.3, -0.25) is 4.79 Å². The van der Waals surface area contributed by atoms with Gasteiger partial charge in [-0.1, -0.05) is 28.9 Å². The third kappa shape index (κ3) is 3.21. The van der Waals surface area contributed by atoms with E-state index in [0.717, 1.165) is 6.07 Å². The molecule has 0 saturated carbocycles. The highest BCUT2D eigenvalue weighted by molar-refractivity contribution is 6.34. The van der Waals surface area contributed by atoms with Gasteiger partial charge in [0.25, 0.3) is 0 Å². The van der Waals surface area contributed by atoms with E-state index >= 15 is 0 Å². The van der Waals surface area contributed by atoms with Crippen molar-refractivity contribution in [3.05, 3.63) is 75.4 Å². The quantitative estimate of drug-likeness (QED) is 0.707. The lowest BCUT2D eigenvalue weighted by atomic mass is 10.1. The van der Waals surface area contributed by atoms with E-state index in [2.05, 4.69) is 5.16 Å². The highest BCUT2D eigenvalue weighted by Gasteiger charge is 2.34. The highest BCUT2D eigenvalue weighted by Crippen LogP contribution is 2.39. The predicted molar refractivity (Wildman–Crippen MR) is 81.8 cm³/mol. The summed E-state index contributed by atoms with van der Waals surface area (Å²) in [5.41, 5.74) is -0.349. The maximum Gasteiger partial charge on any atom is 0.417 e. The maximum absolute atomic E-state index is 13.1. The predicted octanol–water partition coefficient (Wildman–Crippen LogP) is 4.22. The number of alkyl halides is 3. The molecular formula is C16H10ClF3N2O2. The first-order chi connectivity index (χ1) is 11.4. The maximum atomic E-state index is 13.1. The standard InChI is InChI=1S/C16H10ClF3N2O2/c17-15-12(2-1-3-13(15)16(18,19)20)14-8-11(23)4-6-22(14)9-10-5-7-24-21-10/h1-8H,9H2. The summed E-state index contributed by atoms with van der Waals surface area (Å²) >= 11 is 5.96. The average molecular weight is 355 g/mol. The molecule has 2 aromatic heterocycles. The summed E-state index contributed by atoms with van der Waals surface area (Å²) in [5, 5.41) is 3.31. The van der Waals surface area contributed by atoms with Crippen LogP contribution in [-0.2, 0) is 12.7 Å².